The van der Waals surface area contributed by atoms with Gasteiger partial charge >= 0.3 is 0 Å². The molecule has 0 saturated heterocycles. The molecule has 0 fully saturated rings. The molecule has 0 amide bonds. The van der Waals surface area contributed by atoms with Gasteiger partial charge < -0.3 is 0 Å². The van der Waals surface area contributed by atoms with Gasteiger partial charge in [-0.3, -0.25) is 0 Å². The maximum Gasteiger partial charge on any atom is -0.0273 e. The van der Waals surface area contributed by atoms with Crippen LogP contribution in [0.2, 0.25) is 0 Å². The van der Waals surface area contributed by atoms with E-state index in [-0.39, 0.29) is 7.43 Å². The van der Waals surface area contributed by atoms with Crippen LogP contribution < -0.4 is 0 Å². The minimum Gasteiger partial charge on any atom is -0.0988 e. The summed E-state index contributed by atoms with van der Waals surface area (Å²) in [5, 5.41) is 0. The van der Waals surface area contributed by atoms with Crippen molar-refractivity contribution >= 4 is 0 Å². The zero-order valence-electron chi connectivity index (χ0n) is 10.6. The molecule has 0 aromatic carbocycles. The highest BCUT2D eigenvalue weighted by Gasteiger charge is 2.07. The summed E-state index contributed by atoms with van der Waals surface area (Å²) in [5.41, 5.74) is 2.93. The van der Waals surface area contributed by atoms with Gasteiger partial charge in [0, 0.05) is 0 Å². The van der Waals surface area contributed by atoms with Crippen molar-refractivity contribution in [3.05, 3.63) is 36.0 Å². The Balaban J connectivity index is -0.000000258. The molecule has 0 aromatic rings. The smallest absolute Gasteiger partial charge is 0.0273 e. The second-order valence-electron chi connectivity index (χ2n) is 2.61. The summed E-state index contributed by atoms with van der Waals surface area (Å²) >= 11 is 0. The van der Waals surface area contributed by atoms with Crippen molar-refractivity contribution in [2.45, 2.75) is 61.3 Å². The van der Waals surface area contributed by atoms with Crippen molar-refractivity contribution < 1.29 is 0 Å². The average molecular weight is 210 g/mol. The van der Waals surface area contributed by atoms with Gasteiger partial charge in [0.25, 0.3) is 0 Å². The standard InChI is InChI=1S/C10H14.2C2H6.CH4/c1-3-6-10-8-5-7-9(10)4-2;2*1-2;/h3-4,6H,2,5,7-8H2,1H3;2*1-2H3;1H4/b6-3-;;;. The van der Waals surface area contributed by atoms with E-state index in [9.17, 15) is 0 Å². The predicted octanol–water partition coefficient (Wildman–Crippen LogP) is 5.92. The molecule has 0 heteroatoms. The van der Waals surface area contributed by atoms with E-state index in [0.717, 1.165) is 0 Å². The van der Waals surface area contributed by atoms with Crippen LogP contribution in [0.15, 0.2) is 36.0 Å². The van der Waals surface area contributed by atoms with Crippen molar-refractivity contribution in [3.8, 4) is 0 Å². The largest absolute Gasteiger partial charge is 0.0988 e. The third-order valence-electron chi connectivity index (χ3n) is 1.92. The van der Waals surface area contributed by atoms with E-state index in [1.54, 1.807) is 0 Å². The van der Waals surface area contributed by atoms with Crippen molar-refractivity contribution in [3.63, 3.8) is 0 Å². The molecule has 0 spiro atoms. The Kier molecular flexibility index (Phi) is 20.6. The lowest BCUT2D eigenvalue weighted by Gasteiger charge is -1.93. The van der Waals surface area contributed by atoms with E-state index in [0.29, 0.717) is 0 Å². The molecular weight excluding hydrogens is 180 g/mol. The van der Waals surface area contributed by atoms with Crippen molar-refractivity contribution in [2.75, 3.05) is 0 Å². The third kappa shape index (κ3) is 8.23. The minimum atomic E-state index is 0. The van der Waals surface area contributed by atoms with Crippen LogP contribution in [-0.4, -0.2) is 0 Å². The maximum atomic E-state index is 3.78. The van der Waals surface area contributed by atoms with Gasteiger partial charge in [0.15, 0.2) is 0 Å². The molecule has 0 atom stereocenters. The molecule has 1 aliphatic carbocycles. The number of rotatable bonds is 2. The molecular formula is C15H30. The Hall–Kier alpha value is -0.780. The summed E-state index contributed by atoms with van der Waals surface area (Å²) in [6.45, 7) is 13.8. The first-order valence-electron chi connectivity index (χ1n) is 5.85. The van der Waals surface area contributed by atoms with Gasteiger partial charge in [-0.05, 0) is 37.3 Å². The minimum absolute atomic E-state index is 0. The predicted molar refractivity (Wildman–Crippen MR) is 75.3 cm³/mol. The molecule has 0 unspecified atom stereocenters. The lowest BCUT2D eigenvalue weighted by Crippen LogP contribution is -1.73. The fourth-order valence-corrected chi connectivity index (χ4v) is 1.42. The van der Waals surface area contributed by atoms with Crippen LogP contribution in [0.1, 0.15) is 61.3 Å². The number of allylic oxidation sites excluding steroid dienone is 5. The van der Waals surface area contributed by atoms with Gasteiger partial charge in [0.1, 0.15) is 0 Å². The van der Waals surface area contributed by atoms with E-state index in [2.05, 4.69) is 25.7 Å². The first-order valence-corrected chi connectivity index (χ1v) is 5.85. The molecule has 0 radical (unpaired) electrons. The molecule has 1 rings (SSSR count). The molecule has 0 heterocycles. The van der Waals surface area contributed by atoms with Crippen LogP contribution in [0.4, 0.5) is 0 Å². The summed E-state index contributed by atoms with van der Waals surface area (Å²) in [6.07, 6.45) is 10.1. The fourth-order valence-electron chi connectivity index (χ4n) is 1.42. The van der Waals surface area contributed by atoms with Crippen molar-refractivity contribution in [1.82, 2.24) is 0 Å². The normalized spacial score (nSPS) is 13.4. The Bertz CT molecular complexity index is 182. The van der Waals surface area contributed by atoms with E-state index < -0.39 is 0 Å². The zero-order valence-corrected chi connectivity index (χ0v) is 10.6. The Morgan fingerprint density at radius 2 is 1.47 bits per heavy atom. The van der Waals surface area contributed by atoms with Crippen molar-refractivity contribution in [2.24, 2.45) is 0 Å². The highest BCUT2D eigenvalue weighted by molar-refractivity contribution is 5.35. The Labute approximate surface area is 97.8 Å². The SMILES string of the molecule is C.C=CC1=C(/C=C\C)CCC1.CC.CC. The molecule has 1 aliphatic rings. The highest BCUT2D eigenvalue weighted by Crippen LogP contribution is 2.27. The molecule has 0 bridgehead atoms. The van der Waals surface area contributed by atoms with Gasteiger partial charge in [0.05, 0.1) is 0 Å². The Morgan fingerprint density at radius 1 is 1.00 bits per heavy atom. The second-order valence-corrected chi connectivity index (χ2v) is 2.61. The van der Waals surface area contributed by atoms with E-state index in [1.807, 2.05) is 33.8 Å². The monoisotopic (exact) mass is 210 g/mol. The van der Waals surface area contributed by atoms with Crippen LogP contribution in [0.5, 0.6) is 0 Å². The average Bonchev–Trinajstić information content (AvgIpc) is 2.72. The summed E-state index contributed by atoms with van der Waals surface area (Å²) in [5.74, 6) is 0. The molecule has 0 aliphatic heterocycles. The fraction of sp³-hybridized carbons (Fsp3) is 0.600. The van der Waals surface area contributed by atoms with Crippen LogP contribution in [0.3, 0.4) is 0 Å². The molecule has 90 valence electrons. The second kappa shape index (κ2) is 15.7. The quantitative estimate of drug-likeness (QED) is 0.531. The van der Waals surface area contributed by atoms with Gasteiger partial charge in [-0.15, -0.1) is 0 Å². The Morgan fingerprint density at radius 3 is 1.87 bits per heavy atom. The van der Waals surface area contributed by atoms with Gasteiger partial charge in [0.2, 0.25) is 0 Å². The molecule has 0 N–H and O–H groups in total. The molecule has 0 aromatic heterocycles. The van der Waals surface area contributed by atoms with Crippen LogP contribution in [-0.2, 0) is 0 Å². The summed E-state index contributed by atoms with van der Waals surface area (Å²) in [7, 11) is 0. The summed E-state index contributed by atoms with van der Waals surface area (Å²) in [6, 6.07) is 0. The maximum absolute atomic E-state index is 3.78. The van der Waals surface area contributed by atoms with E-state index in [1.165, 1.54) is 30.4 Å². The first kappa shape index (κ1) is 19.7. The molecule has 0 saturated carbocycles. The van der Waals surface area contributed by atoms with E-state index in [4.69, 9.17) is 0 Å². The van der Waals surface area contributed by atoms with E-state index >= 15 is 0 Å². The topological polar surface area (TPSA) is 0 Å². The van der Waals surface area contributed by atoms with Gasteiger partial charge in [-0.2, -0.15) is 0 Å². The summed E-state index contributed by atoms with van der Waals surface area (Å²) < 4.78 is 0. The van der Waals surface area contributed by atoms with Crippen LogP contribution >= 0.6 is 0 Å². The number of hydrogen-bond donors (Lipinski definition) is 0. The van der Waals surface area contributed by atoms with Crippen LogP contribution in [0, 0.1) is 0 Å². The van der Waals surface area contributed by atoms with Gasteiger partial charge in [-0.25, -0.2) is 0 Å². The zero-order chi connectivity index (χ0) is 11.4. The third-order valence-corrected chi connectivity index (χ3v) is 1.92. The first-order chi connectivity index (χ1) is 6.88. The number of hydrogen-bond acceptors (Lipinski definition) is 0. The lowest BCUT2D eigenvalue weighted by molar-refractivity contribution is 0.906. The lowest BCUT2D eigenvalue weighted by atomic mass is 10.1. The summed E-state index contributed by atoms with van der Waals surface area (Å²) in [4.78, 5) is 0. The molecule has 15 heavy (non-hydrogen) atoms. The molecule has 0 nitrogen and oxygen atoms in total. The van der Waals surface area contributed by atoms with Crippen LogP contribution in [0.25, 0.3) is 0 Å². The van der Waals surface area contributed by atoms with Gasteiger partial charge in [-0.1, -0.05) is 59.9 Å². The highest BCUT2D eigenvalue weighted by atomic mass is 14.1. The van der Waals surface area contributed by atoms with Crippen molar-refractivity contribution in [1.29, 1.82) is 0 Å².